The first-order valence-electron chi connectivity index (χ1n) is 10.5. The van der Waals surface area contributed by atoms with E-state index in [-0.39, 0.29) is 29.9 Å². The van der Waals surface area contributed by atoms with Crippen LogP contribution in [0.25, 0.3) is 0 Å². The van der Waals surface area contributed by atoms with Gasteiger partial charge in [0.15, 0.2) is 0 Å². The summed E-state index contributed by atoms with van der Waals surface area (Å²) in [5, 5.41) is 14.7. The Labute approximate surface area is 182 Å². The highest BCUT2D eigenvalue weighted by molar-refractivity contribution is 6.01. The van der Waals surface area contributed by atoms with Crippen LogP contribution in [-0.2, 0) is 16.1 Å². The largest absolute Gasteiger partial charge is 0.390 e. The van der Waals surface area contributed by atoms with Crippen LogP contribution in [-0.4, -0.2) is 53.2 Å². The summed E-state index contributed by atoms with van der Waals surface area (Å²) in [7, 11) is 0. The van der Waals surface area contributed by atoms with Gasteiger partial charge in [0.2, 0.25) is 0 Å². The van der Waals surface area contributed by atoms with Crippen LogP contribution in [0.15, 0.2) is 53.7 Å². The molecule has 1 aliphatic heterocycles. The molecule has 0 spiro atoms. The Morgan fingerprint density at radius 3 is 2.32 bits per heavy atom. The van der Waals surface area contributed by atoms with Gasteiger partial charge in [0.1, 0.15) is 17.7 Å². The Bertz CT molecular complexity index is 864. The van der Waals surface area contributed by atoms with Crippen molar-refractivity contribution in [2.45, 2.75) is 51.5 Å². The second-order valence-corrected chi connectivity index (χ2v) is 8.87. The zero-order chi connectivity index (χ0) is 22.4. The fourth-order valence-electron chi connectivity index (χ4n) is 3.38. The molecule has 168 valence electrons. The molecule has 2 atom stereocenters. The SMILES string of the molecule is CC(C)(C)OC[C@@H](O)CN(Cc1ccc(F)cc1)C[C@H]1CC(c2ccc(F)cc2)=NO1. The van der Waals surface area contributed by atoms with E-state index in [4.69, 9.17) is 9.57 Å². The molecule has 7 heteroatoms. The molecule has 0 saturated heterocycles. The Balaban J connectivity index is 1.62. The molecule has 0 aliphatic carbocycles. The van der Waals surface area contributed by atoms with Gasteiger partial charge in [-0.25, -0.2) is 8.78 Å². The highest BCUT2D eigenvalue weighted by Crippen LogP contribution is 2.19. The van der Waals surface area contributed by atoms with Gasteiger partial charge >= 0.3 is 0 Å². The summed E-state index contributed by atoms with van der Waals surface area (Å²) in [6.07, 6.45) is -0.296. The van der Waals surface area contributed by atoms with Crippen LogP contribution in [0.3, 0.4) is 0 Å². The van der Waals surface area contributed by atoms with E-state index in [1.54, 1.807) is 24.3 Å². The van der Waals surface area contributed by atoms with Gasteiger partial charge in [-0.3, -0.25) is 4.90 Å². The average Bonchev–Trinajstić information content (AvgIpc) is 3.16. The smallest absolute Gasteiger partial charge is 0.145 e. The van der Waals surface area contributed by atoms with Crippen LogP contribution in [0, 0.1) is 11.6 Å². The summed E-state index contributed by atoms with van der Waals surface area (Å²) in [6.45, 7) is 7.46. The maximum Gasteiger partial charge on any atom is 0.145 e. The van der Waals surface area contributed by atoms with E-state index in [0.717, 1.165) is 16.8 Å². The van der Waals surface area contributed by atoms with Crippen molar-refractivity contribution >= 4 is 5.71 Å². The van der Waals surface area contributed by atoms with E-state index < -0.39 is 6.10 Å². The Kier molecular flexibility index (Phi) is 7.75. The summed E-state index contributed by atoms with van der Waals surface area (Å²) < 4.78 is 32.2. The first kappa shape index (κ1) is 23.3. The van der Waals surface area contributed by atoms with Crippen LogP contribution < -0.4 is 0 Å². The lowest BCUT2D eigenvalue weighted by Crippen LogP contribution is -2.40. The minimum Gasteiger partial charge on any atom is -0.390 e. The molecule has 0 aromatic heterocycles. The van der Waals surface area contributed by atoms with E-state index >= 15 is 0 Å². The normalized spacial score (nSPS) is 17.5. The lowest BCUT2D eigenvalue weighted by atomic mass is 10.0. The highest BCUT2D eigenvalue weighted by Gasteiger charge is 2.26. The van der Waals surface area contributed by atoms with Crippen molar-refractivity contribution in [3.63, 3.8) is 0 Å². The molecule has 0 bridgehead atoms. The molecule has 1 heterocycles. The number of ether oxygens (including phenoxy) is 1. The summed E-state index contributed by atoms with van der Waals surface area (Å²) in [6, 6.07) is 12.5. The maximum atomic E-state index is 13.3. The van der Waals surface area contributed by atoms with Crippen molar-refractivity contribution < 1.29 is 23.5 Å². The first-order chi connectivity index (χ1) is 14.7. The molecule has 3 rings (SSSR count). The first-order valence-corrected chi connectivity index (χ1v) is 10.5. The standard InChI is InChI=1S/C24H30F2N2O3/c1-24(2,3)30-16-21(29)14-28(13-17-4-8-19(25)9-5-17)15-22-12-23(27-31-22)18-6-10-20(26)11-7-18/h4-11,21-22,29H,12-16H2,1-3H3/t21-,22+/m0/s1. The topological polar surface area (TPSA) is 54.3 Å². The van der Waals surface area contributed by atoms with Gasteiger partial charge in [-0.05, 0) is 56.2 Å². The Hall–Kier alpha value is -2.35. The van der Waals surface area contributed by atoms with Crippen molar-refractivity contribution in [2.24, 2.45) is 5.16 Å². The molecule has 0 saturated carbocycles. The lowest BCUT2D eigenvalue weighted by Gasteiger charge is -2.28. The van der Waals surface area contributed by atoms with Crippen molar-refractivity contribution in [1.29, 1.82) is 0 Å². The molecule has 1 N–H and O–H groups in total. The van der Waals surface area contributed by atoms with E-state index in [1.165, 1.54) is 24.3 Å². The van der Waals surface area contributed by atoms with Gasteiger partial charge in [0, 0.05) is 26.1 Å². The monoisotopic (exact) mass is 432 g/mol. The number of halogens is 2. The molecular formula is C24H30F2N2O3. The number of aliphatic hydroxyl groups excluding tert-OH is 1. The van der Waals surface area contributed by atoms with Crippen LogP contribution in [0.4, 0.5) is 8.78 Å². The maximum absolute atomic E-state index is 13.3. The van der Waals surface area contributed by atoms with Crippen LogP contribution >= 0.6 is 0 Å². The van der Waals surface area contributed by atoms with E-state index in [9.17, 15) is 13.9 Å². The minimum absolute atomic E-state index is 0.198. The fourth-order valence-corrected chi connectivity index (χ4v) is 3.38. The number of hydrogen-bond acceptors (Lipinski definition) is 5. The average molecular weight is 433 g/mol. The summed E-state index contributed by atoms with van der Waals surface area (Å²) in [4.78, 5) is 7.67. The van der Waals surface area contributed by atoms with E-state index in [1.807, 2.05) is 20.8 Å². The van der Waals surface area contributed by atoms with Crippen LogP contribution in [0.2, 0.25) is 0 Å². The minimum atomic E-state index is -0.682. The fraction of sp³-hybridized carbons (Fsp3) is 0.458. The van der Waals surface area contributed by atoms with Crippen molar-refractivity contribution in [3.05, 3.63) is 71.3 Å². The Morgan fingerprint density at radius 2 is 1.71 bits per heavy atom. The molecule has 2 aromatic rings. The molecule has 0 unspecified atom stereocenters. The second-order valence-electron chi connectivity index (χ2n) is 8.87. The summed E-state index contributed by atoms with van der Waals surface area (Å²) >= 11 is 0. The molecule has 31 heavy (non-hydrogen) atoms. The molecule has 1 aliphatic rings. The molecule has 2 aromatic carbocycles. The molecule has 0 amide bonds. The summed E-state index contributed by atoms with van der Waals surface area (Å²) in [5.41, 5.74) is 2.19. The molecule has 0 radical (unpaired) electrons. The van der Waals surface area contributed by atoms with Gasteiger partial charge in [-0.2, -0.15) is 0 Å². The predicted octanol–water partition coefficient (Wildman–Crippen LogP) is 4.14. The molecular weight excluding hydrogens is 402 g/mol. The lowest BCUT2D eigenvalue weighted by molar-refractivity contribution is -0.0600. The summed E-state index contributed by atoms with van der Waals surface area (Å²) in [5.74, 6) is -0.581. The van der Waals surface area contributed by atoms with Crippen LogP contribution in [0.1, 0.15) is 38.3 Å². The number of oxime groups is 1. The third-order valence-electron chi connectivity index (χ3n) is 4.87. The molecule has 5 nitrogen and oxygen atoms in total. The third-order valence-corrected chi connectivity index (χ3v) is 4.87. The van der Waals surface area contributed by atoms with Crippen molar-refractivity contribution in [3.8, 4) is 0 Å². The van der Waals surface area contributed by atoms with Gasteiger partial charge in [-0.1, -0.05) is 29.4 Å². The predicted molar refractivity (Wildman–Crippen MR) is 116 cm³/mol. The Morgan fingerprint density at radius 1 is 1.10 bits per heavy atom. The zero-order valence-electron chi connectivity index (χ0n) is 18.2. The van der Waals surface area contributed by atoms with Crippen molar-refractivity contribution in [2.75, 3.05) is 19.7 Å². The third kappa shape index (κ3) is 7.69. The van der Waals surface area contributed by atoms with Crippen molar-refractivity contribution in [1.82, 2.24) is 4.90 Å². The van der Waals surface area contributed by atoms with Gasteiger partial charge in [0.25, 0.3) is 0 Å². The van der Waals surface area contributed by atoms with Gasteiger partial charge in [-0.15, -0.1) is 0 Å². The number of benzene rings is 2. The quantitative estimate of drug-likeness (QED) is 0.647. The number of aliphatic hydroxyl groups is 1. The number of rotatable bonds is 9. The van der Waals surface area contributed by atoms with Gasteiger partial charge < -0.3 is 14.7 Å². The highest BCUT2D eigenvalue weighted by atomic mass is 19.1. The number of nitrogens with zero attached hydrogens (tertiary/aromatic N) is 2. The molecule has 0 fully saturated rings. The van der Waals surface area contributed by atoms with Gasteiger partial charge in [0.05, 0.1) is 24.0 Å². The number of hydrogen-bond donors (Lipinski definition) is 1. The van der Waals surface area contributed by atoms with E-state index in [2.05, 4.69) is 10.1 Å². The second kappa shape index (κ2) is 10.3. The van der Waals surface area contributed by atoms with E-state index in [0.29, 0.717) is 26.1 Å². The van der Waals surface area contributed by atoms with Crippen LogP contribution in [0.5, 0.6) is 0 Å². The zero-order valence-corrected chi connectivity index (χ0v) is 18.2.